The molecule has 2 heterocycles. The van der Waals surface area contributed by atoms with Crippen LogP contribution in [0.1, 0.15) is 23.0 Å². The van der Waals surface area contributed by atoms with Crippen LogP contribution in [0, 0.1) is 0 Å². The van der Waals surface area contributed by atoms with Gasteiger partial charge in [0.05, 0.1) is 11.5 Å². The fraction of sp³-hybridized carbons (Fsp3) is 0.238. The van der Waals surface area contributed by atoms with E-state index in [2.05, 4.69) is 4.98 Å². The van der Waals surface area contributed by atoms with Gasteiger partial charge in [-0.25, -0.2) is 22.5 Å². The van der Waals surface area contributed by atoms with Crippen molar-refractivity contribution < 1.29 is 26.8 Å². The number of carbonyl (C=O) groups is 1. The number of carbonyl (C=O) groups excluding carboxylic acids is 1. The Balaban J connectivity index is 1.64. The van der Waals surface area contributed by atoms with Crippen LogP contribution >= 0.6 is 11.8 Å². The number of fused-ring (bicyclic) bond motifs is 2. The molecule has 0 bridgehead atoms. The second-order valence-electron chi connectivity index (χ2n) is 6.81. The van der Waals surface area contributed by atoms with E-state index in [9.17, 15) is 13.2 Å². The molecule has 31 heavy (non-hydrogen) atoms. The van der Waals surface area contributed by atoms with Gasteiger partial charge in [0.25, 0.3) is 5.22 Å². The lowest BCUT2D eigenvalue weighted by molar-refractivity contribution is 0.0491. The van der Waals surface area contributed by atoms with Crippen molar-refractivity contribution in [3.63, 3.8) is 0 Å². The largest absolute Gasteiger partial charge is 0.460 e. The van der Waals surface area contributed by atoms with Gasteiger partial charge in [-0.1, -0.05) is 30.0 Å². The van der Waals surface area contributed by atoms with Crippen LogP contribution in [-0.2, 0) is 20.5 Å². The van der Waals surface area contributed by atoms with E-state index in [0.717, 1.165) is 9.69 Å². The van der Waals surface area contributed by atoms with E-state index < -0.39 is 16.0 Å². The van der Waals surface area contributed by atoms with Crippen LogP contribution in [0.15, 0.2) is 61.4 Å². The van der Waals surface area contributed by atoms with Crippen molar-refractivity contribution in [1.82, 2.24) is 9.29 Å². The molecule has 0 saturated carbocycles. The predicted octanol–water partition coefficient (Wildman–Crippen LogP) is 4.29. The van der Waals surface area contributed by atoms with Gasteiger partial charge in [0.1, 0.15) is 11.1 Å². The number of ether oxygens (including phenoxy) is 1. The number of para-hydroxylation sites is 1. The summed E-state index contributed by atoms with van der Waals surface area (Å²) in [6, 6.07) is 11.9. The highest BCUT2D eigenvalue weighted by Crippen LogP contribution is 2.33. The molecule has 0 aliphatic rings. The van der Waals surface area contributed by atoms with Crippen molar-refractivity contribution in [1.29, 1.82) is 0 Å². The molecule has 0 radical (unpaired) electrons. The Bertz CT molecular complexity index is 1370. The van der Waals surface area contributed by atoms with E-state index in [4.69, 9.17) is 13.6 Å². The van der Waals surface area contributed by atoms with Crippen molar-refractivity contribution in [2.24, 2.45) is 0 Å². The maximum Gasteiger partial charge on any atom is 0.374 e. The van der Waals surface area contributed by atoms with Gasteiger partial charge in [-0.2, -0.15) is 0 Å². The number of rotatable bonds is 7. The number of oxazole rings is 1. The summed E-state index contributed by atoms with van der Waals surface area (Å²) in [6.45, 7) is 1.98. The topological polar surface area (TPSA) is 103 Å². The lowest BCUT2D eigenvalue weighted by atomic mass is 10.1. The lowest BCUT2D eigenvalue weighted by Crippen LogP contribution is -2.22. The van der Waals surface area contributed by atoms with Crippen LogP contribution in [0.3, 0.4) is 0 Å². The van der Waals surface area contributed by atoms with Crippen molar-refractivity contribution in [2.75, 3.05) is 20.7 Å². The number of benzene rings is 2. The zero-order chi connectivity index (χ0) is 22.2. The number of hydrogen-bond donors (Lipinski definition) is 0. The molecule has 4 aromatic rings. The molecule has 0 unspecified atom stereocenters. The molecule has 0 spiro atoms. The van der Waals surface area contributed by atoms with Crippen molar-refractivity contribution in [3.8, 4) is 0 Å². The molecular weight excluding hydrogens is 440 g/mol. The molecule has 10 heteroatoms. The van der Waals surface area contributed by atoms with E-state index >= 15 is 0 Å². The second-order valence-corrected chi connectivity index (χ2v) is 9.89. The summed E-state index contributed by atoms with van der Waals surface area (Å²) in [5, 5.41) is 1.17. The standard InChI is InChI=1S/C21H20N2O6S2/c1-4-27-20(24)19-15(14-7-5-6-8-17(14)28-19)12-30-21-22-16-11-13(9-10-18(16)29-21)31(25,26)23(2)3/h5-11H,4,12H2,1-3H3. The Morgan fingerprint density at radius 3 is 2.65 bits per heavy atom. The van der Waals surface area contributed by atoms with Crippen LogP contribution < -0.4 is 0 Å². The predicted molar refractivity (Wildman–Crippen MR) is 117 cm³/mol. The fourth-order valence-electron chi connectivity index (χ4n) is 3.06. The van der Waals surface area contributed by atoms with Gasteiger partial charge >= 0.3 is 5.97 Å². The van der Waals surface area contributed by atoms with E-state index in [0.29, 0.717) is 33.2 Å². The Hall–Kier alpha value is -2.82. The summed E-state index contributed by atoms with van der Waals surface area (Å²) < 4.78 is 42.4. The van der Waals surface area contributed by atoms with Crippen LogP contribution in [0.25, 0.3) is 22.1 Å². The maximum atomic E-state index is 12.4. The summed E-state index contributed by atoms with van der Waals surface area (Å²) in [4.78, 5) is 16.9. The fourth-order valence-corrected chi connectivity index (χ4v) is 4.84. The third-order valence-corrected chi connectivity index (χ3v) is 7.28. The first-order valence-electron chi connectivity index (χ1n) is 9.44. The first-order valence-corrected chi connectivity index (χ1v) is 11.9. The number of furan rings is 1. The molecule has 0 amide bonds. The summed E-state index contributed by atoms with van der Waals surface area (Å²) in [7, 11) is -0.626. The Labute approximate surface area is 183 Å². The van der Waals surface area contributed by atoms with Gasteiger partial charge < -0.3 is 13.6 Å². The molecule has 2 aromatic heterocycles. The van der Waals surface area contributed by atoms with E-state index in [1.54, 1.807) is 19.1 Å². The van der Waals surface area contributed by atoms with Crippen LogP contribution in [0.5, 0.6) is 0 Å². The van der Waals surface area contributed by atoms with Gasteiger partial charge in [0.15, 0.2) is 5.58 Å². The van der Waals surface area contributed by atoms with Crippen LogP contribution in [0.2, 0.25) is 0 Å². The number of hydrogen-bond acceptors (Lipinski definition) is 8. The Kier molecular flexibility index (Phi) is 5.78. The quantitative estimate of drug-likeness (QED) is 0.297. The third-order valence-electron chi connectivity index (χ3n) is 4.62. The van der Waals surface area contributed by atoms with Gasteiger partial charge in [0, 0.05) is 30.8 Å². The molecule has 8 nitrogen and oxygen atoms in total. The van der Waals surface area contributed by atoms with E-state index in [1.165, 1.54) is 38.0 Å². The molecule has 0 aliphatic carbocycles. The number of aromatic nitrogens is 1. The highest BCUT2D eigenvalue weighted by molar-refractivity contribution is 7.98. The van der Waals surface area contributed by atoms with Gasteiger partial charge in [-0.15, -0.1) is 0 Å². The molecule has 4 rings (SSSR count). The van der Waals surface area contributed by atoms with Gasteiger partial charge in [-0.05, 0) is 31.2 Å². The number of thioether (sulfide) groups is 1. The zero-order valence-electron chi connectivity index (χ0n) is 17.1. The highest BCUT2D eigenvalue weighted by Gasteiger charge is 2.23. The van der Waals surface area contributed by atoms with Crippen molar-refractivity contribution >= 4 is 49.8 Å². The van der Waals surface area contributed by atoms with Gasteiger partial charge in [0.2, 0.25) is 15.8 Å². The first-order chi connectivity index (χ1) is 14.8. The smallest absolute Gasteiger partial charge is 0.374 e. The first kappa shape index (κ1) is 21.4. The lowest BCUT2D eigenvalue weighted by Gasteiger charge is -2.10. The molecule has 0 atom stereocenters. The Morgan fingerprint density at radius 1 is 1.13 bits per heavy atom. The molecule has 2 aromatic carbocycles. The average molecular weight is 461 g/mol. The molecule has 0 aliphatic heterocycles. The summed E-state index contributed by atoms with van der Waals surface area (Å²) >= 11 is 1.28. The summed E-state index contributed by atoms with van der Waals surface area (Å²) in [5.41, 5.74) is 2.20. The SMILES string of the molecule is CCOC(=O)c1oc2ccccc2c1CSc1nc2cc(S(=O)(=O)N(C)C)ccc2o1. The maximum absolute atomic E-state index is 12.4. The summed E-state index contributed by atoms with van der Waals surface area (Å²) in [6.07, 6.45) is 0. The minimum absolute atomic E-state index is 0.139. The molecule has 0 saturated heterocycles. The van der Waals surface area contributed by atoms with Crippen molar-refractivity contribution in [3.05, 3.63) is 53.8 Å². The molecule has 0 fully saturated rings. The monoisotopic (exact) mass is 460 g/mol. The molecule has 162 valence electrons. The Morgan fingerprint density at radius 2 is 1.90 bits per heavy atom. The molecule has 0 N–H and O–H groups in total. The zero-order valence-corrected chi connectivity index (χ0v) is 18.7. The van der Waals surface area contributed by atoms with Crippen LogP contribution in [-0.4, -0.2) is 44.4 Å². The van der Waals surface area contributed by atoms with E-state index in [1.807, 2.05) is 18.2 Å². The highest BCUT2D eigenvalue weighted by atomic mass is 32.2. The van der Waals surface area contributed by atoms with Gasteiger partial charge in [-0.3, -0.25) is 0 Å². The number of sulfonamides is 1. The normalized spacial score (nSPS) is 12.1. The average Bonchev–Trinajstić information content (AvgIpc) is 3.32. The number of esters is 1. The third kappa shape index (κ3) is 4.06. The summed E-state index contributed by atoms with van der Waals surface area (Å²) in [5.74, 6) is -0.00248. The minimum atomic E-state index is -3.57. The number of nitrogens with zero attached hydrogens (tertiary/aromatic N) is 2. The minimum Gasteiger partial charge on any atom is -0.460 e. The van der Waals surface area contributed by atoms with Crippen molar-refractivity contribution in [2.45, 2.75) is 22.8 Å². The molecular formula is C21H20N2O6S2. The van der Waals surface area contributed by atoms with Crippen LogP contribution in [0.4, 0.5) is 0 Å². The second kappa shape index (κ2) is 8.37. The van der Waals surface area contributed by atoms with E-state index in [-0.39, 0.29) is 17.3 Å².